The Morgan fingerprint density at radius 3 is 2.70 bits per heavy atom. The summed E-state index contributed by atoms with van der Waals surface area (Å²) in [5.41, 5.74) is 7.80. The van der Waals surface area contributed by atoms with E-state index >= 15 is 0 Å². The molecule has 168 valence electrons. The summed E-state index contributed by atoms with van der Waals surface area (Å²) in [6, 6.07) is 7.75. The highest BCUT2D eigenvalue weighted by molar-refractivity contribution is 8.00. The largest absolute Gasteiger partial charge is 0.384 e. The number of allylic oxidation sites excluding steroid dienone is 1. The fourth-order valence-electron chi connectivity index (χ4n) is 5.13. The van der Waals surface area contributed by atoms with Gasteiger partial charge in [-0.05, 0) is 31.1 Å². The van der Waals surface area contributed by atoms with Crippen molar-refractivity contribution in [1.82, 2.24) is 10.2 Å². The van der Waals surface area contributed by atoms with Gasteiger partial charge in [-0.2, -0.15) is 5.26 Å². The third-order valence-corrected chi connectivity index (χ3v) is 8.29. The number of nitrogens with two attached hydrogens (primary N) is 1. The minimum absolute atomic E-state index is 0.0389. The van der Waals surface area contributed by atoms with E-state index < -0.39 is 11.3 Å². The van der Waals surface area contributed by atoms with E-state index in [2.05, 4.69) is 21.6 Å². The zero-order valence-corrected chi connectivity index (χ0v) is 20.3. The van der Waals surface area contributed by atoms with Crippen LogP contribution >= 0.6 is 23.1 Å². The van der Waals surface area contributed by atoms with E-state index in [0.717, 1.165) is 9.90 Å². The van der Waals surface area contributed by atoms with Crippen molar-refractivity contribution in [2.24, 2.45) is 11.1 Å². The first-order chi connectivity index (χ1) is 15.6. The molecule has 1 aliphatic carbocycles. The van der Waals surface area contributed by atoms with Gasteiger partial charge in [-0.15, -0.1) is 10.2 Å². The smallest absolute Gasteiger partial charge is 0.245 e. The van der Waals surface area contributed by atoms with Gasteiger partial charge in [0.1, 0.15) is 17.3 Å². The summed E-state index contributed by atoms with van der Waals surface area (Å²) in [4.78, 5) is 29.1. The Bertz CT molecular complexity index is 1350. The molecule has 0 fully saturated rings. The number of nitriles is 1. The van der Waals surface area contributed by atoms with Crippen molar-refractivity contribution in [1.29, 1.82) is 5.26 Å². The monoisotopic (exact) mass is 478 g/mol. The molecule has 0 radical (unpaired) electrons. The van der Waals surface area contributed by atoms with Crippen molar-refractivity contribution in [2.45, 2.75) is 43.4 Å². The number of hydrogen-bond donors (Lipinski definition) is 2. The molecule has 3 aliphatic rings. The number of nitrogens with zero attached hydrogens (tertiary/aromatic N) is 4. The van der Waals surface area contributed by atoms with Gasteiger partial charge >= 0.3 is 0 Å². The molecule has 8 nitrogen and oxygen atoms in total. The van der Waals surface area contributed by atoms with Crippen LogP contribution < -0.4 is 16.0 Å². The van der Waals surface area contributed by atoms with Crippen LogP contribution in [0.4, 0.5) is 10.8 Å². The minimum Gasteiger partial charge on any atom is -0.384 e. The third-order valence-electron chi connectivity index (χ3n) is 6.41. The van der Waals surface area contributed by atoms with Crippen LogP contribution in [0, 0.1) is 23.7 Å². The highest BCUT2D eigenvalue weighted by atomic mass is 32.2. The normalized spacial score (nSPS) is 23.5. The van der Waals surface area contributed by atoms with Crippen molar-refractivity contribution in [3.05, 3.63) is 52.0 Å². The SMILES string of the molecule is CSc1nnc(N2C(N)=C(C#N)[C@]3(C(=O)Nc4ccc(C)cc43)C3=C2CC(C)(C)CC3=O)s1. The number of carbonyl (C=O) groups is 2. The van der Waals surface area contributed by atoms with Gasteiger partial charge in [0.2, 0.25) is 11.0 Å². The molecule has 2 aromatic rings. The lowest BCUT2D eigenvalue weighted by Gasteiger charge is -2.45. The number of aromatic nitrogens is 2. The average Bonchev–Trinajstić information content (AvgIpc) is 3.31. The summed E-state index contributed by atoms with van der Waals surface area (Å²) in [6.45, 7) is 5.94. The molecule has 5 rings (SSSR count). The maximum atomic E-state index is 13.8. The van der Waals surface area contributed by atoms with Gasteiger partial charge < -0.3 is 11.1 Å². The topological polar surface area (TPSA) is 125 Å². The number of benzene rings is 1. The van der Waals surface area contributed by atoms with Crippen LogP contribution in [0.1, 0.15) is 37.8 Å². The molecule has 33 heavy (non-hydrogen) atoms. The fourth-order valence-corrected chi connectivity index (χ4v) is 6.42. The molecule has 1 atom stereocenters. The molecule has 1 aromatic carbocycles. The second-order valence-corrected chi connectivity index (χ2v) is 11.3. The van der Waals surface area contributed by atoms with E-state index in [1.54, 1.807) is 4.90 Å². The predicted molar refractivity (Wildman–Crippen MR) is 128 cm³/mol. The number of nitrogens with one attached hydrogen (secondary N) is 1. The molecule has 0 bridgehead atoms. The number of anilines is 2. The van der Waals surface area contributed by atoms with Gasteiger partial charge in [0.25, 0.3) is 0 Å². The molecule has 0 saturated carbocycles. The van der Waals surface area contributed by atoms with E-state index in [-0.39, 0.29) is 29.0 Å². The van der Waals surface area contributed by atoms with Crippen LogP contribution in [0.5, 0.6) is 0 Å². The van der Waals surface area contributed by atoms with Crippen LogP contribution in [-0.4, -0.2) is 28.1 Å². The molecule has 1 spiro atoms. The summed E-state index contributed by atoms with van der Waals surface area (Å²) in [7, 11) is 0. The minimum atomic E-state index is -1.58. The van der Waals surface area contributed by atoms with Gasteiger partial charge in [0.15, 0.2) is 10.1 Å². The number of hydrogen-bond acceptors (Lipinski definition) is 9. The molecule has 0 saturated heterocycles. The van der Waals surface area contributed by atoms with Gasteiger partial charge in [-0.3, -0.25) is 14.5 Å². The van der Waals surface area contributed by atoms with E-state index in [1.807, 2.05) is 45.2 Å². The Kier molecular flexibility index (Phi) is 4.71. The number of aryl methyl sites for hydroxylation is 1. The number of rotatable bonds is 2. The standard InChI is InChI=1S/C23H22N6O2S2/c1-11-5-6-14-12(7-11)23(19(31)26-14)13(10-24)18(25)29(20-27-28-21(32-4)33-20)15-8-22(2,3)9-16(30)17(15)23/h5-7H,8-9,25H2,1-4H3,(H,26,31)/t23-/m0/s1. The third kappa shape index (κ3) is 2.89. The maximum Gasteiger partial charge on any atom is 0.245 e. The van der Waals surface area contributed by atoms with E-state index in [0.29, 0.717) is 34.1 Å². The number of carbonyl (C=O) groups excluding carboxylic acids is 2. The van der Waals surface area contributed by atoms with Crippen LogP contribution in [0.2, 0.25) is 0 Å². The molecule has 10 heteroatoms. The zero-order valence-electron chi connectivity index (χ0n) is 18.6. The first-order valence-corrected chi connectivity index (χ1v) is 12.5. The number of Topliss-reactive ketones (excluding diaryl/α,β-unsaturated/α-hetero) is 1. The van der Waals surface area contributed by atoms with Crippen LogP contribution in [-0.2, 0) is 15.0 Å². The maximum absolute atomic E-state index is 13.8. The first kappa shape index (κ1) is 21.7. The number of fused-ring (bicyclic) bond motifs is 3. The molecule has 1 aromatic heterocycles. The average molecular weight is 479 g/mol. The first-order valence-electron chi connectivity index (χ1n) is 10.4. The van der Waals surface area contributed by atoms with Gasteiger partial charge in [-0.1, -0.05) is 54.6 Å². The molecule has 0 unspecified atom stereocenters. The predicted octanol–water partition coefficient (Wildman–Crippen LogP) is 3.62. The Hall–Kier alpha value is -3.16. The van der Waals surface area contributed by atoms with Crippen molar-refractivity contribution in [2.75, 3.05) is 16.5 Å². The lowest BCUT2D eigenvalue weighted by Crippen LogP contribution is -2.52. The summed E-state index contributed by atoms with van der Waals surface area (Å²) < 4.78 is 0.736. The summed E-state index contributed by atoms with van der Waals surface area (Å²) in [6.07, 6.45) is 2.66. The van der Waals surface area contributed by atoms with Crippen LogP contribution in [0.25, 0.3) is 0 Å². The Balaban J connectivity index is 1.89. The van der Waals surface area contributed by atoms with Crippen LogP contribution in [0.15, 0.2) is 45.2 Å². The highest BCUT2D eigenvalue weighted by Crippen LogP contribution is 2.57. The van der Waals surface area contributed by atoms with E-state index in [1.165, 1.54) is 23.1 Å². The Labute approximate surface area is 199 Å². The lowest BCUT2D eigenvalue weighted by molar-refractivity contribution is -0.123. The molecular weight excluding hydrogens is 456 g/mol. The van der Waals surface area contributed by atoms with E-state index in [4.69, 9.17) is 5.73 Å². The molecule has 2 aliphatic heterocycles. The Morgan fingerprint density at radius 1 is 1.27 bits per heavy atom. The van der Waals surface area contributed by atoms with Gasteiger partial charge in [0.05, 0.1) is 5.57 Å². The molecule has 3 heterocycles. The number of amides is 1. The fraction of sp³-hybridized carbons (Fsp3) is 0.348. The summed E-state index contributed by atoms with van der Waals surface area (Å²) in [5, 5.41) is 22.2. The van der Waals surface area contributed by atoms with Crippen LogP contribution in [0.3, 0.4) is 0 Å². The van der Waals surface area contributed by atoms with Gasteiger partial charge in [-0.25, -0.2) is 0 Å². The van der Waals surface area contributed by atoms with Crippen molar-refractivity contribution in [3.8, 4) is 6.07 Å². The van der Waals surface area contributed by atoms with Crippen molar-refractivity contribution >= 4 is 45.6 Å². The summed E-state index contributed by atoms with van der Waals surface area (Å²) in [5.74, 6) is -0.481. The molecular formula is C23H22N6O2S2. The second kappa shape index (κ2) is 7.17. The van der Waals surface area contributed by atoms with Crippen molar-refractivity contribution < 1.29 is 9.59 Å². The lowest BCUT2D eigenvalue weighted by atomic mass is 9.61. The van der Waals surface area contributed by atoms with Crippen molar-refractivity contribution in [3.63, 3.8) is 0 Å². The quantitative estimate of drug-likeness (QED) is 0.627. The second-order valence-electron chi connectivity index (χ2n) is 9.28. The molecule has 3 N–H and O–H groups in total. The molecule has 1 amide bonds. The Morgan fingerprint density at radius 2 is 2.03 bits per heavy atom. The zero-order chi connectivity index (χ0) is 23.7. The van der Waals surface area contributed by atoms with E-state index in [9.17, 15) is 14.9 Å². The number of thioether (sulfide) groups is 1. The summed E-state index contributed by atoms with van der Waals surface area (Å²) >= 11 is 2.78. The highest BCUT2D eigenvalue weighted by Gasteiger charge is 2.61. The number of ketones is 1. The van der Waals surface area contributed by atoms with Gasteiger partial charge in [0, 0.05) is 28.9 Å².